The molecule has 1 atom stereocenters. The number of thioether (sulfide) groups is 1. The number of hydrogen-bond donors (Lipinski definition) is 2. The minimum absolute atomic E-state index is 0.0577. The van der Waals surface area contributed by atoms with E-state index in [4.69, 9.17) is 28.3 Å². The van der Waals surface area contributed by atoms with E-state index in [0.29, 0.717) is 11.2 Å². The molecule has 0 aromatic rings. The van der Waals surface area contributed by atoms with Crippen LogP contribution in [0.5, 0.6) is 0 Å². The Bertz CT molecular complexity index is 387. The van der Waals surface area contributed by atoms with Crippen molar-refractivity contribution in [1.29, 1.82) is 5.26 Å². The third-order valence-electron chi connectivity index (χ3n) is 1.58. The number of allylic oxidation sites excluding steroid dienone is 2. The summed E-state index contributed by atoms with van der Waals surface area (Å²) in [5.74, 6) is -0.980. The molecular formula is C11H16ClN3OS. The van der Waals surface area contributed by atoms with Crippen LogP contribution in [0.25, 0.3) is 0 Å². The number of carbonyl (C=O) groups excluding carboxylic acids is 1. The predicted octanol–water partition coefficient (Wildman–Crippen LogP) is 2.07. The lowest BCUT2D eigenvalue weighted by molar-refractivity contribution is -0.109. The summed E-state index contributed by atoms with van der Waals surface area (Å²) in [6.45, 7) is 5.93. The fourth-order valence-corrected chi connectivity index (χ4v) is 2.22. The van der Waals surface area contributed by atoms with Crippen LogP contribution in [-0.2, 0) is 4.79 Å². The number of hydrogen-bond acceptors (Lipinski definition) is 5. The van der Waals surface area contributed by atoms with Crippen LogP contribution >= 0.6 is 23.4 Å². The highest BCUT2D eigenvalue weighted by molar-refractivity contribution is 8.04. The summed E-state index contributed by atoms with van der Waals surface area (Å²) in [6, 6.07) is 1.81. The van der Waals surface area contributed by atoms with E-state index in [9.17, 15) is 4.79 Å². The van der Waals surface area contributed by atoms with E-state index in [-0.39, 0.29) is 15.6 Å². The second kappa shape index (κ2) is 6.58. The van der Waals surface area contributed by atoms with Gasteiger partial charge in [-0.3, -0.25) is 0 Å². The molecular weight excluding hydrogens is 258 g/mol. The van der Waals surface area contributed by atoms with Gasteiger partial charge >= 0.3 is 0 Å². The highest BCUT2D eigenvalue weighted by Gasteiger charge is 2.19. The lowest BCUT2D eigenvalue weighted by atomic mass is 10.1. The van der Waals surface area contributed by atoms with E-state index in [1.165, 1.54) is 17.8 Å². The first kappa shape index (κ1) is 15.9. The van der Waals surface area contributed by atoms with Gasteiger partial charge in [-0.2, -0.15) is 5.26 Å². The highest BCUT2D eigenvalue weighted by atomic mass is 35.5. The van der Waals surface area contributed by atoms with E-state index in [1.54, 1.807) is 0 Å². The van der Waals surface area contributed by atoms with Crippen LogP contribution in [0.3, 0.4) is 0 Å². The number of carbonyl (C=O) groups is 1. The van der Waals surface area contributed by atoms with E-state index < -0.39 is 5.92 Å². The second-order valence-corrected chi connectivity index (χ2v) is 6.61. The Morgan fingerprint density at radius 2 is 2.00 bits per heavy atom. The zero-order valence-electron chi connectivity index (χ0n) is 10.0. The SMILES string of the molecule is CC(C)(C)SC(/C=C(\N)Cl)=C(/N)C(C#N)C=O. The van der Waals surface area contributed by atoms with Crippen LogP contribution in [0.4, 0.5) is 0 Å². The van der Waals surface area contributed by atoms with Crippen molar-refractivity contribution in [3.05, 3.63) is 21.8 Å². The van der Waals surface area contributed by atoms with Crippen LogP contribution in [0.15, 0.2) is 21.8 Å². The average molecular weight is 274 g/mol. The van der Waals surface area contributed by atoms with Crippen molar-refractivity contribution in [2.45, 2.75) is 25.5 Å². The molecule has 6 heteroatoms. The van der Waals surface area contributed by atoms with Gasteiger partial charge in [-0.05, 0) is 6.08 Å². The molecule has 0 amide bonds. The van der Waals surface area contributed by atoms with Crippen molar-refractivity contribution in [2.24, 2.45) is 17.4 Å². The standard InChI is InChI=1S/C11H16ClN3OS/c1-11(2,3)17-8(4-9(12)14)10(15)7(5-13)6-16/h4,6-7H,14-15H2,1-3H3/b9-4-,10-8+. The van der Waals surface area contributed by atoms with Gasteiger partial charge in [0.2, 0.25) is 0 Å². The molecule has 0 fully saturated rings. The highest BCUT2D eigenvalue weighted by Crippen LogP contribution is 2.34. The Balaban J connectivity index is 5.45. The number of rotatable bonds is 4. The van der Waals surface area contributed by atoms with Crippen molar-refractivity contribution >= 4 is 29.6 Å². The van der Waals surface area contributed by atoms with Crippen LogP contribution in [0.1, 0.15) is 20.8 Å². The van der Waals surface area contributed by atoms with Gasteiger partial charge in [-0.15, -0.1) is 11.8 Å². The Labute approximate surface area is 111 Å². The van der Waals surface area contributed by atoms with Gasteiger partial charge in [-0.25, -0.2) is 0 Å². The van der Waals surface area contributed by atoms with Crippen molar-refractivity contribution in [2.75, 3.05) is 0 Å². The first-order valence-corrected chi connectivity index (χ1v) is 6.07. The Hall–Kier alpha value is -1.12. The minimum Gasteiger partial charge on any atom is -0.400 e. The summed E-state index contributed by atoms with van der Waals surface area (Å²) in [5.41, 5.74) is 11.3. The van der Waals surface area contributed by atoms with E-state index >= 15 is 0 Å². The predicted molar refractivity (Wildman–Crippen MR) is 71.8 cm³/mol. The van der Waals surface area contributed by atoms with Gasteiger partial charge in [0.15, 0.2) is 0 Å². The molecule has 0 aliphatic heterocycles. The van der Waals surface area contributed by atoms with Crippen molar-refractivity contribution < 1.29 is 4.79 Å². The topological polar surface area (TPSA) is 92.9 Å². The maximum Gasteiger partial charge on any atom is 0.143 e. The molecule has 4 N–H and O–H groups in total. The van der Waals surface area contributed by atoms with Crippen LogP contribution in [-0.4, -0.2) is 11.0 Å². The third-order valence-corrected chi connectivity index (χ3v) is 2.87. The number of nitrogens with zero attached hydrogens (tertiary/aromatic N) is 1. The minimum atomic E-state index is -0.980. The number of nitriles is 1. The van der Waals surface area contributed by atoms with Crippen molar-refractivity contribution in [1.82, 2.24) is 0 Å². The summed E-state index contributed by atoms with van der Waals surface area (Å²) in [6.07, 6.45) is 1.96. The monoisotopic (exact) mass is 273 g/mol. The zero-order chi connectivity index (χ0) is 13.6. The quantitative estimate of drug-likeness (QED) is 0.465. The molecule has 94 valence electrons. The summed E-state index contributed by atoms with van der Waals surface area (Å²) in [7, 11) is 0. The zero-order valence-corrected chi connectivity index (χ0v) is 11.6. The molecule has 0 heterocycles. The van der Waals surface area contributed by atoms with Gasteiger partial charge in [-0.1, -0.05) is 32.4 Å². The normalized spacial score (nSPS) is 15.8. The molecule has 0 aliphatic rings. The average Bonchev–Trinajstić information content (AvgIpc) is 2.15. The van der Waals surface area contributed by atoms with Gasteiger partial charge in [0.25, 0.3) is 0 Å². The third kappa shape index (κ3) is 6.25. The summed E-state index contributed by atoms with van der Waals surface area (Å²) < 4.78 is -0.133. The van der Waals surface area contributed by atoms with E-state index in [0.717, 1.165) is 0 Å². The van der Waals surface area contributed by atoms with Gasteiger partial charge in [0.1, 0.15) is 17.4 Å². The van der Waals surface area contributed by atoms with E-state index in [1.807, 2.05) is 26.8 Å². The Kier molecular flexibility index (Phi) is 6.14. The first-order valence-electron chi connectivity index (χ1n) is 4.87. The van der Waals surface area contributed by atoms with Gasteiger partial charge in [0.05, 0.1) is 6.07 Å². The lowest BCUT2D eigenvalue weighted by Crippen LogP contribution is -2.16. The molecule has 0 aromatic carbocycles. The number of halogens is 1. The van der Waals surface area contributed by atoms with Crippen LogP contribution in [0, 0.1) is 17.2 Å². The molecule has 4 nitrogen and oxygen atoms in total. The molecule has 0 aromatic heterocycles. The smallest absolute Gasteiger partial charge is 0.143 e. The fraction of sp³-hybridized carbons (Fsp3) is 0.455. The maximum atomic E-state index is 10.7. The summed E-state index contributed by atoms with van der Waals surface area (Å²) in [5, 5.41) is 8.85. The number of nitrogens with two attached hydrogens (primary N) is 2. The molecule has 0 radical (unpaired) electrons. The largest absolute Gasteiger partial charge is 0.400 e. The Morgan fingerprint density at radius 1 is 1.47 bits per heavy atom. The van der Waals surface area contributed by atoms with Crippen molar-refractivity contribution in [3.8, 4) is 6.07 Å². The molecule has 0 saturated carbocycles. The summed E-state index contributed by atoms with van der Waals surface area (Å²) >= 11 is 7.00. The van der Waals surface area contributed by atoms with E-state index in [2.05, 4.69) is 0 Å². The molecule has 0 spiro atoms. The molecule has 0 rings (SSSR count). The second-order valence-electron chi connectivity index (χ2n) is 4.31. The molecule has 0 saturated heterocycles. The molecule has 17 heavy (non-hydrogen) atoms. The lowest BCUT2D eigenvalue weighted by Gasteiger charge is -2.20. The summed E-state index contributed by atoms with van der Waals surface area (Å²) in [4.78, 5) is 11.2. The maximum absolute atomic E-state index is 10.7. The van der Waals surface area contributed by atoms with Crippen LogP contribution in [0.2, 0.25) is 0 Å². The Morgan fingerprint density at radius 3 is 2.29 bits per heavy atom. The first-order chi connectivity index (χ1) is 7.71. The van der Waals surface area contributed by atoms with Gasteiger partial charge in [0, 0.05) is 15.3 Å². The number of aldehydes is 1. The fourth-order valence-electron chi connectivity index (χ4n) is 0.953. The molecule has 0 aliphatic carbocycles. The molecule has 0 bridgehead atoms. The van der Waals surface area contributed by atoms with Gasteiger partial charge < -0.3 is 16.3 Å². The van der Waals surface area contributed by atoms with Crippen molar-refractivity contribution in [3.63, 3.8) is 0 Å². The van der Waals surface area contributed by atoms with Crippen LogP contribution < -0.4 is 11.5 Å². The molecule has 1 unspecified atom stereocenters.